The first-order valence-corrected chi connectivity index (χ1v) is 5.13. The molecule has 1 unspecified atom stereocenters. The smallest absolute Gasteiger partial charge is 0.0502 e. The molecular weight excluding hydrogens is 154 g/mol. The van der Waals surface area contributed by atoms with Gasteiger partial charge in [0.25, 0.3) is 0 Å². The van der Waals surface area contributed by atoms with Gasteiger partial charge in [-0.25, -0.2) is 0 Å². The Morgan fingerprint density at radius 2 is 2.18 bits per heavy atom. The molecule has 0 N–H and O–H groups in total. The molecule has 1 aliphatic rings. The molecule has 58 valence electrons. The summed E-state index contributed by atoms with van der Waals surface area (Å²) in [5, 5.41) is 0. The van der Waals surface area contributed by atoms with Gasteiger partial charge in [0, 0.05) is 12.8 Å². The Kier molecular flexibility index (Phi) is 1.50. The van der Waals surface area contributed by atoms with E-state index in [2.05, 4.69) is 41.5 Å². The first-order valence-electron chi connectivity index (χ1n) is 3.61. The van der Waals surface area contributed by atoms with Crippen molar-refractivity contribution in [3.05, 3.63) is 29.8 Å². The fraction of sp³-hybridized carbons (Fsp3) is 0.222. The maximum absolute atomic E-state index is 4.09. The first-order chi connectivity index (χ1) is 5.29. The Morgan fingerprint density at radius 3 is 2.91 bits per heavy atom. The average Bonchev–Trinajstić information content (AvgIpc) is 2.30. The summed E-state index contributed by atoms with van der Waals surface area (Å²) in [6, 6.07) is 8.52. The molecule has 0 bridgehead atoms. The van der Waals surface area contributed by atoms with Crippen molar-refractivity contribution < 1.29 is 0 Å². The van der Waals surface area contributed by atoms with Crippen LogP contribution in [0, 0.1) is 0 Å². The summed E-state index contributed by atoms with van der Waals surface area (Å²) in [6.45, 7) is 0. The van der Waals surface area contributed by atoms with Gasteiger partial charge in [0.2, 0.25) is 0 Å². The van der Waals surface area contributed by atoms with Crippen molar-refractivity contribution in [3.63, 3.8) is 0 Å². The molecule has 2 heteroatoms. The largest absolute Gasteiger partial charge is 0.325 e. The summed E-state index contributed by atoms with van der Waals surface area (Å²) in [6.07, 6.45) is 0. The molecule has 1 aromatic carbocycles. The van der Waals surface area contributed by atoms with E-state index in [0.717, 1.165) is 5.75 Å². The Morgan fingerprint density at radius 1 is 1.45 bits per heavy atom. The molecule has 0 fully saturated rings. The van der Waals surface area contributed by atoms with E-state index in [-0.39, 0.29) is 10.7 Å². The Labute approximate surface area is 69.7 Å². The fourth-order valence-corrected chi connectivity index (χ4v) is 2.61. The van der Waals surface area contributed by atoms with Crippen molar-refractivity contribution in [3.8, 4) is 0 Å². The fourth-order valence-electron chi connectivity index (χ4n) is 1.36. The van der Waals surface area contributed by atoms with Gasteiger partial charge in [-0.1, -0.05) is 34.7 Å². The third-order valence-corrected chi connectivity index (χ3v) is 3.66. The summed E-state index contributed by atoms with van der Waals surface area (Å²) in [7, 11) is 2.28. The van der Waals surface area contributed by atoms with Crippen LogP contribution in [0.2, 0.25) is 0 Å². The number of fused-ring (bicyclic) bond motifs is 1. The van der Waals surface area contributed by atoms with Gasteiger partial charge in [0.1, 0.15) is 0 Å². The molecule has 0 spiro atoms. The lowest BCUT2D eigenvalue weighted by atomic mass is 10.2. The molecule has 1 heterocycles. The highest BCUT2D eigenvalue weighted by atomic mass is 32.2. The predicted molar refractivity (Wildman–Crippen MR) is 53.3 cm³/mol. The van der Waals surface area contributed by atoms with Crippen LogP contribution in [0.25, 0.3) is 0 Å². The van der Waals surface area contributed by atoms with Crippen LogP contribution in [0.5, 0.6) is 0 Å². The summed E-state index contributed by atoms with van der Waals surface area (Å²) >= 11 is 0. The van der Waals surface area contributed by atoms with Gasteiger partial charge < -0.3 is 4.31 Å². The van der Waals surface area contributed by atoms with E-state index in [9.17, 15) is 0 Å². The number of rotatable bonds is 0. The lowest BCUT2D eigenvalue weighted by Crippen LogP contribution is -2.02. The van der Waals surface area contributed by atoms with E-state index in [1.54, 1.807) is 0 Å². The minimum Gasteiger partial charge on any atom is -0.325 e. The van der Waals surface area contributed by atoms with E-state index in [1.807, 2.05) is 0 Å². The first kappa shape index (κ1) is 6.92. The molecule has 0 saturated carbocycles. The molecule has 1 atom stereocenters. The SMILES string of the molecule is C=S1Cc2ccccc2N1C. The maximum Gasteiger partial charge on any atom is 0.0502 e. The van der Waals surface area contributed by atoms with E-state index in [4.69, 9.17) is 0 Å². The van der Waals surface area contributed by atoms with Gasteiger partial charge in [-0.15, -0.1) is 0 Å². The van der Waals surface area contributed by atoms with Crippen molar-refractivity contribution in [1.82, 2.24) is 0 Å². The number of benzene rings is 1. The van der Waals surface area contributed by atoms with Crippen LogP contribution in [0.15, 0.2) is 24.3 Å². The van der Waals surface area contributed by atoms with Crippen molar-refractivity contribution in [2.45, 2.75) is 5.75 Å². The minimum absolute atomic E-state index is 0.169. The number of hydrogen-bond acceptors (Lipinski definition) is 1. The molecule has 1 nitrogen and oxygen atoms in total. The zero-order valence-corrected chi connectivity index (χ0v) is 7.40. The van der Waals surface area contributed by atoms with Crippen molar-refractivity contribution in [2.75, 3.05) is 11.4 Å². The Balaban J connectivity index is 2.55. The van der Waals surface area contributed by atoms with E-state index in [0.29, 0.717) is 0 Å². The zero-order chi connectivity index (χ0) is 7.84. The number of nitrogens with zero attached hydrogens (tertiary/aromatic N) is 1. The lowest BCUT2D eigenvalue weighted by molar-refractivity contribution is 1.36. The average molecular weight is 165 g/mol. The van der Waals surface area contributed by atoms with Crippen molar-refractivity contribution in [2.24, 2.45) is 0 Å². The van der Waals surface area contributed by atoms with Crippen molar-refractivity contribution >= 4 is 22.2 Å². The third kappa shape index (κ3) is 0.979. The van der Waals surface area contributed by atoms with Crippen LogP contribution in [0.4, 0.5) is 5.69 Å². The second-order valence-corrected chi connectivity index (χ2v) is 4.49. The molecule has 1 aliphatic heterocycles. The van der Waals surface area contributed by atoms with Crippen LogP contribution in [-0.2, 0) is 5.75 Å². The monoisotopic (exact) mass is 165 g/mol. The van der Waals surface area contributed by atoms with Crippen LogP contribution in [0.3, 0.4) is 0 Å². The van der Waals surface area contributed by atoms with Gasteiger partial charge in [0.15, 0.2) is 0 Å². The molecule has 0 aromatic heterocycles. The number of para-hydroxylation sites is 1. The predicted octanol–water partition coefficient (Wildman–Crippen LogP) is 2.25. The topological polar surface area (TPSA) is 3.24 Å². The maximum atomic E-state index is 4.09. The van der Waals surface area contributed by atoms with Gasteiger partial charge in [-0.3, -0.25) is 0 Å². The highest BCUT2D eigenvalue weighted by Gasteiger charge is 2.16. The van der Waals surface area contributed by atoms with E-state index >= 15 is 0 Å². The molecule has 0 radical (unpaired) electrons. The molecule has 0 amide bonds. The minimum atomic E-state index is 0.169. The van der Waals surface area contributed by atoms with Gasteiger partial charge in [0.05, 0.1) is 5.69 Å². The molecule has 11 heavy (non-hydrogen) atoms. The van der Waals surface area contributed by atoms with Crippen LogP contribution in [0.1, 0.15) is 5.56 Å². The highest BCUT2D eigenvalue weighted by molar-refractivity contribution is 8.14. The summed E-state index contributed by atoms with van der Waals surface area (Å²) in [4.78, 5) is 0. The van der Waals surface area contributed by atoms with E-state index < -0.39 is 0 Å². The quantitative estimate of drug-likeness (QED) is 0.533. The summed E-state index contributed by atoms with van der Waals surface area (Å²) in [5.74, 6) is 5.20. The normalized spacial score (nSPS) is 21.9. The van der Waals surface area contributed by atoms with Crippen LogP contribution >= 0.6 is 10.7 Å². The molecule has 0 aliphatic carbocycles. The second kappa shape index (κ2) is 2.38. The molecule has 2 rings (SSSR count). The zero-order valence-electron chi connectivity index (χ0n) is 6.58. The number of anilines is 1. The third-order valence-electron chi connectivity index (χ3n) is 2.04. The Hall–Kier alpha value is -0.760. The summed E-state index contributed by atoms with van der Waals surface area (Å²) < 4.78 is 2.26. The van der Waals surface area contributed by atoms with Gasteiger partial charge in [-0.05, 0) is 11.6 Å². The summed E-state index contributed by atoms with van der Waals surface area (Å²) in [5.41, 5.74) is 2.79. The van der Waals surface area contributed by atoms with Crippen LogP contribution < -0.4 is 4.31 Å². The van der Waals surface area contributed by atoms with Crippen molar-refractivity contribution in [1.29, 1.82) is 0 Å². The Bertz CT molecular complexity index is 306. The van der Waals surface area contributed by atoms with Gasteiger partial charge >= 0.3 is 0 Å². The molecular formula is C9H11NS. The number of hydrogen-bond donors (Lipinski definition) is 0. The van der Waals surface area contributed by atoms with E-state index in [1.165, 1.54) is 11.3 Å². The lowest BCUT2D eigenvalue weighted by Gasteiger charge is -2.13. The van der Waals surface area contributed by atoms with Crippen LogP contribution in [-0.4, -0.2) is 12.9 Å². The highest BCUT2D eigenvalue weighted by Crippen LogP contribution is 2.39. The molecule has 0 saturated heterocycles. The van der Waals surface area contributed by atoms with Gasteiger partial charge in [-0.2, -0.15) is 0 Å². The standard InChI is InChI=1S/C9H11NS/c1-10-9-6-4-3-5-8(9)7-11(10)2/h3-6H,2,7H2,1H3. The second-order valence-electron chi connectivity index (χ2n) is 2.73. The molecule has 1 aromatic rings.